The van der Waals surface area contributed by atoms with Crippen LogP contribution >= 0.6 is 38.9 Å². The van der Waals surface area contributed by atoms with E-state index in [4.69, 9.17) is 11.6 Å². The van der Waals surface area contributed by atoms with E-state index in [1.54, 1.807) is 16.0 Å². The van der Waals surface area contributed by atoms with E-state index in [-0.39, 0.29) is 6.04 Å². The Hall–Kier alpha value is -0.430. The van der Waals surface area contributed by atoms with Crippen LogP contribution in [0.2, 0.25) is 5.02 Å². The van der Waals surface area contributed by atoms with Gasteiger partial charge < -0.3 is 5.32 Å². The molecule has 1 unspecified atom stereocenters. The Morgan fingerprint density at radius 1 is 1.62 bits per heavy atom. The van der Waals surface area contributed by atoms with Gasteiger partial charge in [-0.2, -0.15) is 0 Å². The van der Waals surface area contributed by atoms with Gasteiger partial charge in [0.1, 0.15) is 0 Å². The summed E-state index contributed by atoms with van der Waals surface area (Å²) in [6, 6.07) is 1.89. The maximum absolute atomic E-state index is 6.14. The van der Waals surface area contributed by atoms with E-state index in [1.807, 2.05) is 25.5 Å². The number of thiophene rings is 1. The molecule has 1 N–H and O–H groups in total. The third-order valence-electron chi connectivity index (χ3n) is 2.30. The van der Waals surface area contributed by atoms with Crippen LogP contribution in [0.1, 0.15) is 16.6 Å². The van der Waals surface area contributed by atoms with E-state index in [0.29, 0.717) is 0 Å². The summed E-state index contributed by atoms with van der Waals surface area (Å²) in [6.45, 7) is 0. The van der Waals surface area contributed by atoms with Crippen molar-refractivity contribution in [3.05, 3.63) is 31.6 Å². The highest BCUT2D eigenvalue weighted by atomic mass is 79.9. The van der Waals surface area contributed by atoms with E-state index in [2.05, 4.69) is 31.6 Å². The predicted octanol–water partition coefficient (Wildman–Crippen LogP) is 2.60. The van der Waals surface area contributed by atoms with Gasteiger partial charge in [0.2, 0.25) is 0 Å². The first kappa shape index (κ1) is 12.0. The molecular weight excluding hydrogens is 312 g/mol. The molecule has 16 heavy (non-hydrogen) atoms. The molecule has 2 aromatic heterocycles. The van der Waals surface area contributed by atoms with Gasteiger partial charge in [-0.1, -0.05) is 16.8 Å². The summed E-state index contributed by atoms with van der Waals surface area (Å²) in [4.78, 5) is 1.07. The van der Waals surface area contributed by atoms with E-state index >= 15 is 0 Å². The molecule has 0 spiro atoms. The van der Waals surface area contributed by atoms with Crippen molar-refractivity contribution < 1.29 is 0 Å². The lowest BCUT2D eigenvalue weighted by atomic mass is 10.2. The number of aryl methyl sites for hydroxylation is 1. The molecule has 2 aromatic rings. The highest BCUT2D eigenvalue weighted by Crippen LogP contribution is 2.34. The van der Waals surface area contributed by atoms with Crippen molar-refractivity contribution >= 4 is 38.9 Å². The Bertz CT molecular complexity index is 476. The van der Waals surface area contributed by atoms with Crippen LogP contribution in [0.3, 0.4) is 0 Å². The summed E-state index contributed by atoms with van der Waals surface area (Å²) >= 11 is 11.1. The Kier molecular flexibility index (Phi) is 3.63. The summed E-state index contributed by atoms with van der Waals surface area (Å²) in [6.07, 6.45) is 0. The zero-order chi connectivity index (χ0) is 11.7. The fourth-order valence-corrected chi connectivity index (χ4v) is 3.38. The molecule has 0 aromatic carbocycles. The second kappa shape index (κ2) is 4.83. The summed E-state index contributed by atoms with van der Waals surface area (Å²) < 4.78 is 2.47. The van der Waals surface area contributed by atoms with E-state index in [9.17, 15) is 0 Å². The highest BCUT2D eigenvalue weighted by molar-refractivity contribution is 9.10. The fraction of sp³-hybridized carbons (Fsp3) is 0.333. The number of halogens is 2. The van der Waals surface area contributed by atoms with Gasteiger partial charge in [0.15, 0.2) is 4.60 Å². The molecule has 0 aliphatic heterocycles. The maximum Gasteiger partial charge on any atom is 0.153 e. The fourth-order valence-electron chi connectivity index (χ4n) is 1.55. The first-order valence-corrected chi connectivity index (χ1v) is 6.65. The number of hydrogen-bond acceptors (Lipinski definition) is 4. The summed E-state index contributed by atoms with van der Waals surface area (Å²) in [5.74, 6) is 0. The summed E-state index contributed by atoms with van der Waals surface area (Å²) in [5.41, 5.74) is 0.965. The van der Waals surface area contributed by atoms with Crippen LogP contribution in [-0.4, -0.2) is 22.0 Å². The molecule has 0 aliphatic rings. The van der Waals surface area contributed by atoms with Crippen LogP contribution < -0.4 is 5.32 Å². The number of aromatic nitrogens is 3. The second-order valence-corrected chi connectivity index (χ2v) is 5.35. The van der Waals surface area contributed by atoms with Gasteiger partial charge in [0.25, 0.3) is 0 Å². The van der Waals surface area contributed by atoms with Gasteiger partial charge in [-0.3, -0.25) is 0 Å². The molecule has 2 heterocycles. The maximum atomic E-state index is 6.14. The molecule has 2 rings (SSSR count). The van der Waals surface area contributed by atoms with E-state index in [0.717, 1.165) is 20.2 Å². The lowest BCUT2D eigenvalue weighted by Crippen LogP contribution is -2.20. The van der Waals surface area contributed by atoms with Crippen LogP contribution in [0.25, 0.3) is 0 Å². The molecule has 0 saturated heterocycles. The molecule has 0 saturated carbocycles. The Balaban J connectivity index is 2.49. The predicted molar refractivity (Wildman–Crippen MR) is 68.9 cm³/mol. The number of rotatable bonds is 3. The minimum atomic E-state index is 0.00174. The van der Waals surface area contributed by atoms with Crippen molar-refractivity contribution in [3.63, 3.8) is 0 Å². The zero-order valence-corrected chi connectivity index (χ0v) is 11.9. The topological polar surface area (TPSA) is 42.7 Å². The van der Waals surface area contributed by atoms with Crippen LogP contribution in [0, 0.1) is 0 Å². The SMILES string of the molecule is CNC(c1sccc1Cl)c1c(Br)nnn1C. The molecular formula is C9H10BrClN4S. The third-order valence-corrected chi connectivity index (χ3v) is 4.28. The minimum absolute atomic E-state index is 0.00174. The van der Waals surface area contributed by atoms with Crippen LogP contribution in [0.5, 0.6) is 0 Å². The number of nitrogens with one attached hydrogen (secondary N) is 1. The van der Waals surface area contributed by atoms with Gasteiger partial charge in [0.05, 0.1) is 16.8 Å². The molecule has 0 radical (unpaired) electrons. The average Bonchev–Trinajstić information content (AvgIpc) is 2.80. The average molecular weight is 322 g/mol. The van der Waals surface area contributed by atoms with Gasteiger partial charge >= 0.3 is 0 Å². The largest absolute Gasteiger partial charge is 0.307 e. The molecule has 86 valence electrons. The van der Waals surface area contributed by atoms with E-state index in [1.165, 1.54) is 0 Å². The quantitative estimate of drug-likeness (QED) is 0.945. The number of nitrogens with zero attached hydrogens (tertiary/aromatic N) is 3. The third kappa shape index (κ3) is 2.02. The minimum Gasteiger partial charge on any atom is -0.307 e. The van der Waals surface area contributed by atoms with Crippen molar-refractivity contribution in [1.29, 1.82) is 0 Å². The van der Waals surface area contributed by atoms with E-state index < -0.39 is 0 Å². The van der Waals surface area contributed by atoms with Crippen molar-refractivity contribution in [1.82, 2.24) is 20.3 Å². The molecule has 0 aliphatic carbocycles. The molecule has 0 amide bonds. The van der Waals surface area contributed by atoms with Crippen LogP contribution in [0.4, 0.5) is 0 Å². The zero-order valence-electron chi connectivity index (χ0n) is 8.74. The molecule has 0 fully saturated rings. The Morgan fingerprint density at radius 2 is 2.38 bits per heavy atom. The number of hydrogen-bond donors (Lipinski definition) is 1. The molecule has 4 nitrogen and oxygen atoms in total. The molecule has 1 atom stereocenters. The monoisotopic (exact) mass is 320 g/mol. The smallest absolute Gasteiger partial charge is 0.153 e. The summed E-state index contributed by atoms with van der Waals surface area (Å²) in [5, 5.41) is 13.9. The second-order valence-electron chi connectivity index (χ2n) is 3.24. The Labute approximate surface area is 111 Å². The van der Waals surface area contributed by atoms with Crippen molar-refractivity contribution in [3.8, 4) is 0 Å². The van der Waals surface area contributed by atoms with Gasteiger partial charge in [0, 0.05) is 11.9 Å². The standard InChI is InChI=1S/C9H10BrClN4S/c1-12-6(8-5(11)3-4-16-8)7-9(10)13-14-15(7)2/h3-4,6,12H,1-2H3. The van der Waals surface area contributed by atoms with Gasteiger partial charge in [-0.15, -0.1) is 16.4 Å². The lowest BCUT2D eigenvalue weighted by molar-refractivity contribution is 0.603. The van der Waals surface area contributed by atoms with Crippen LogP contribution in [0.15, 0.2) is 16.0 Å². The van der Waals surface area contributed by atoms with Crippen molar-refractivity contribution in [2.24, 2.45) is 7.05 Å². The lowest BCUT2D eigenvalue weighted by Gasteiger charge is -2.15. The Morgan fingerprint density at radius 3 is 2.81 bits per heavy atom. The van der Waals surface area contributed by atoms with Crippen LogP contribution in [-0.2, 0) is 7.05 Å². The van der Waals surface area contributed by atoms with Crippen molar-refractivity contribution in [2.45, 2.75) is 6.04 Å². The molecule has 7 heteroatoms. The van der Waals surface area contributed by atoms with Gasteiger partial charge in [-0.05, 0) is 34.4 Å². The first-order chi connectivity index (χ1) is 7.65. The normalized spacial score (nSPS) is 13.0. The van der Waals surface area contributed by atoms with Crippen molar-refractivity contribution in [2.75, 3.05) is 7.05 Å². The highest BCUT2D eigenvalue weighted by Gasteiger charge is 2.23. The van der Waals surface area contributed by atoms with Gasteiger partial charge in [-0.25, -0.2) is 4.68 Å². The molecule has 0 bridgehead atoms. The first-order valence-electron chi connectivity index (χ1n) is 4.60. The summed E-state index contributed by atoms with van der Waals surface area (Å²) in [7, 11) is 3.75.